The van der Waals surface area contributed by atoms with Crippen LogP contribution < -0.4 is 0 Å². The molecule has 0 N–H and O–H groups in total. The lowest BCUT2D eigenvalue weighted by Crippen LogP contribution is -2.39. The third-order valence-corrected chi connectivity index (χ3v) is 9.00. The molecule has 4 aromatic rings. The van der Waals surface area contributed by atoms with Crippen molar-refractivity contribution in [1.82, 2.24) is 19.4 Å². The van der Waals surface area contributed by atoms with Crippen molar-refractivity contribution in [3.05, 3.63) is 70.4 Å². The maximum absolute atomic E-state index is 13.1. The van der Waals surface area contributed by atoms with Crippen molar-refractivity contribution in [3.8, 4) is 22.6 Å². The lowest BCUT2D eigenvalue weighted by atomic mass is 10.00. The third kappa shape index (κ3) is 4.55. The summed E-state index contributed by atoms with van der Waals surface area (Å²) in [5.41, 5.74) is 3.90. The van der Waals surface area contributed by atoms with Crippen LogP contribution in [0, 0.1) is 6.92 Å². The number of aromatic nitrogens is 3. The van der Waals surface area contributed by atoms with Gasteiger partial charge in [0.1, 0.15) is 0 Å². The first-order valence-corrected chi connectivity index (χ1v) is 13.7. The Kier molecular flexibility index (Phi) is 6.33. The molecule has 1 fully saturated rings. The van der Waals surface area contributed by atoms with Crippen LogP contribution in [0.4, 0.5) is 0 Å². The van der Waals surface area contributed by atoms with E-state index < -0.39 is 10.0 Å². The van der Waals surface area contributed by atoms with Gasteiger partial charge in [-0.25, -0.2) is 13.4 Å². The summed E-state index contributed by atoms with van der Waals surface area (Å²) in [6.07, 6.45) is 2.49. The summed E-state index contributed by atoms with van der Waals surface area (Å²) in [6, 6.07) is 14.9. The van der Waals surface area contributed by atoms with E-state index in [-0.39, 0.29) is 5.92 Å². The smallest absolute Gasteiger partial charge is 0.243 e. The highest BCUT2D eigenvalue weighted by molar-refractivity contribution is 7.89. The van der Waals surface area contributed by atoms with Gasteiger partial charge in [0.2, 0.25) is 21.7 Å². The maximum Gasteiger partial charge on any atom is 0.243 e. The topological polar surface area (TPSA) is 89.2 Å². The highest BCUT2D eigenvalue weighted by atomic mass is 32.2. The van der Waals surface area contributed by atoms with E-state index in [0.29, 0.717) is 29.7 Å². The fourth-order valence-corrected chi connectivity index (χ4v) is 6.41. The second-order valence-corrected chi connectivity index (χ2v) is 11.4. The fourth-order valence-electron chi connectivity index (χ4n) is 4.14. The maximum atomic E-state index is 13.1. The van der Waals surface area contributed by atoms with Gasteiger partial charge in [-0.05, 0) is 38.3 Å². The minimum Gasteiger partial charge on any atom is -0.339 e. The molecule has 9 heteroatoms. The molecule has 1 aliphatic rings. The van der Waals surface area contributed by atoms with E-state index in [0.717, 1.165) is 46.7 Å². The van der Waals surface area contributed by atoms with Gasteiger partial charge in [-0.15, -0.1) is 11.3 Å². The number of aryl methyl sites for hydroxylation is 2. The summed E-state index contributed by atoms with van der Waals surface area (Å²) in [5.74, 6) is 0.861. The Labute approximate surface area is 203 Å². The predicted molar refractivity (Wildman–Crippen MR) is 132 cm³/mol. The van der Waals surface area contributed by atoms with Crippen LogP contribution in [0.1, 0.15) is 42.1 Å². The zero-order valence-electron chi connectivity index (χ0n) is 19.1. The standard InChI is InChI=1S/C25H26N4O3S2/c1-3-23-26-22(16-33-23)18-8-10-19(11-9-18)24-27-25(32-28-24)20-5-4-14-29(15-20)34(30,31)21-12-6-17(2)7-13-21/h6-13,16,20H,3-5,14-15H2,1-2H3/t20-/m1/s1. The van der Waals surface area contributed by atoms with Crippen molar-refractivity contribution >= 4 is 21.4 Å². The SMILES string of the molecule is CCc1nc(-c2ccc(-c3noc([C@@H]4CCCN(S(=O)(=O)c5ccc(C)cc5)C4)n3)cc2)cs1. The Bertz CT molecular complexity index is 1380. The predicted octanol–water partition coefficient (Wildman–Crippen LogP) is 5.30. The van der Waals surface area contributed by atoms with Crippen LogP contribution in [-0.2, 0) is 16.4 Å². The molecule has 7 nitrogen and oxygen atoms in total. The van der Waals surface area contributed by atoms with E-state index in [4.69, 9.17) is 4.52 Å². The van der Waals surface area contributed by atoms with Gasteiger partial charge in [-0.3, -0.25) is 0 Å². The molecular weight excluding hydrogens is 468 g/mol. The van der Waals surface area contributed by atoms with E-state index in [1.807, 2.05) is 43.3 Å². The number of hydrogen-bond acceptors (Lipinski definition) is 7. The number of thiazole rings is 1. The molecule has 5 rings (SSSR count). The number of sulfonamides is 1. The molecule has 0 spiro atoms. The molecule has 1 saturated heterocycles. The quantitative estimate of drug-likeness (QED) is 0.361. The van der Waals surface area contributed by atoms with Gasteiger partial charge in [-0.1, -0.05) is 54.0 Å². The molecule has 0 bridgehead atoms. The van der Waals surface area contributed by atoms with Crippen LogP contribution in [0.25, 0.3) is 22.6 Å². The Morgan fingerprint density at radius 1 is 1.06 bits per heavy atom. The average molecular weight is 495 g/mol. The first-order valence-electron chi connectivity index (χ1n) is 11.4. The molecule has 1 aliphatic heterocycles. The molecule has 0 unspecified atom stereocenters. The number of piperidine rings is 1. The van der Waals surface area contributed by atoms with Crippen LogP contribution in [0.5, 0.6) is 0 Å². The van der Waals surface area contributed by atoms with Gasteiger partial charge < -0.3 is 4.52 Å². The molecule has 0 radical (unpaired) electrons. The van der Waals surface area contributed by atoms with Crippen LogP contribution in [-0.4, -0.2) is 40.9 Å². The largest absolute Gasteiger partial charge is 0.339 e. The lowest BCUT2D eigenvalue weighted by molar-refractivity contribution is 0.265. The molecule has 1 atom stereocenters. The van der Waals surface area contributed by atoms with Gasteiger partial charge in [0.25, 0.3) is 0 Å². The van der Waals surface area contributed by atoms with Crippen molar-refractivity contribution in [2.24, 2.45) is 0 Å². The second kappa shape index (κ2) is 9.40. The second-order valence-electron chi connectivity index (χ2n) is 8.53. The Hall–Kier alpha value is -2.88. The number of benzene rings is 2. The van der Waals surface area contributed by atoms with E-state index in [2.05, 4.69) is 27.4 Å². The summed E-state index contributed by atoms with van der Waals surface area (Å²) in [5, 5.41) is 7.36. The van der Waals surface area contributed by atoms with Crippen molar-refractivity contribution in [2.75, 3.05) is 13.1 Å². The van der Waals surface area contributed by atoms with Crippen molar-refractivity contribution in [2.45, 2.75) is 43.9 Å². The molecule has 34 heavy (non-hydrogen) atoms. The molecule has 2 aromatic carbocycles. The Morgan fingerprint density at radius 3 is 2.50 bits per heavy atom. The van der Waals surface area contributed by atoms with Crippen LogP contribution in [0.3, 0.4) is 0 Å². The molecule has 0 aliphatic carbocycles. The highest BCUT2D eigenvalue weighted by Crippen LogP contribution is 2.31. The van der Waals surface area contributed by atoms with Crippen LogP contribution in [0.2, 0.25) is 0 Å². The fraction of sp³-hybridized carbons (Fsp3) is 0.320. The van der Waals surface area contributed by atoms with Gasteiger partial charge in [-0.2, -0.15) is 9.29 Å². The van der Waals surface area contributed by atoms with E-state index in [1.165, 1.54) is 4.31 Å². The highest BCUT2D eigenvalue weighted by Gasteiger charge is 2.33. The van der Waals surface area contributed by atoms with Crippen LogP contribution in [0.15, 0.2) is 63.3 Å². The van der Waals surface area contributed by atoms with Gasteiger partial charge in [0, 0.05) is 29.6 Å². The van der Waals surface area contributed by atoms with Crippen molar-refractivity contribution in [1.29, 1.82) is 0 Å². The van der Waals surface area contributed by atoms with Crippen molar-refractivity contribution < 1.29 is 12.9 Å². The van der Waals surface area contributed by atoms with Gasteiger partial charge >= 0.3 is 0 Å². The summed E-state index contributed by atoms with van der Waals surface area (Å²) < 4.78 is 33.4. The first-order chi connectivity index (χ1) is 16.4. The van der Waals surface area contributed by atoms with Crippen molar-refractivity contribution in [3.63, 3.8) is 0 Å². The van der Waals surface area contributed by atoms with E-state index in [9.17, 15) is 8.42 Å². The molecule has 3 heterocycles. The zero-order valence-corrected chi connectivity index (χ0v) is 20.8. The lowest BCUT2D eigenvalue weighted by Gasteiger charge is -2.30. The van der Waals surface area contributed by atoms with Gasteiger partial charge in [0.05, 0.1) is 21.5 Å². The van der Waals surface area contributed by atoms with Crippen LogP contribution >= 0.6 is 11.3 Å². The Balaban J connectivity index is 1.31. The third-order valence-electron chi connectivity index (χ3n) is 6.13. The summed E-state index contributed by atoms with van der Waals surface area (Å²) >= 11 is 1.67. The number of rotatable bonds is 6. The van der Waals surface area contributed by atoms with E-state index in [1.54, 1.807) is 23.5 Å². The molecule has 2 aromatic heterocycles. The average Bonchev–Trinajstić information content (AvgIpc) is 3.55. The number of nitrogens with zero attached hydrogens (tertiary/aromatic N) is 4. The van der Waals surface area contributed by atoms with E-state index >= 15 is 0 Å². The monoisotopic (exact) mass is 494 g/mol. The summed E-state index contributed by atoms with van der Waals surface area (Å²) in [4.78, 5) is 9.56. The normalized spacial score (nSPS) is 17.2. The zero-order chi connectivity index (χ0) is 23.7. The summed E-state index contributed by atoms with van der Waals surface area (Å²) in [6.45, 7) is 4.87. The number of hydrogen-bond donors (Lipinski definition) is 0. The Morgan fingerprint density at radius 2 is 1.79 bits per heavy atom. The summed E-state index contributed by atoms with van der Waals surface area (Å²) in [7, 11) is -3.56. The molecule has 0 amide bonds. The molecule has 176 valence electrons. The first kappa shape index (κ1) is 22.9. The minimum absolute atomic E-state index is 0.128. The molecule has 0 saturated carbocycles. The minimum atomic E-state index is -3.56. The van der Waals surface area contributed by atoms with Gasteiger partial charge in [0.15, 0.2) is 0 Å². The molecular formula is C25H26N4O3S2.